The second-order valence-electron chi connectivity index (χ2n) is 9.03. The molecule has 7 nitrogen and oxygen atoms in total. The van der Waals surface area contributed by atoms with E-state index in [0.717, 1.165) is 12.8 Å². The minimum absolute atomic E-state index is 0.0212. The molecule has 29 heavy (non-hydrogen) atoms. The van der Waals surface area contributed by atoms with Crippen LogP contribution in [-0.4, -0.2) is 50.2 Å². The van der Waals surface area contributed by atoms with Gasteiger partial charge in [0.05, 0.1) is 10.3 Å². The Hall–Kier alpha value is -1.93. The van der Waals surface area contributed by atoms with E-state index in [9.17, 15) is 18.0 Å². The monoisotopic (exact) mass is 421 g/mol. The van der Waals surface area contributed by atoms with Gasteiger partial charge in [0.2, 0.25) is 21.8 Å². The number of anilines is 1. The zero-order valence-electron chi connectivity index (χ0n) is 17.9. The summed E-state index contributed by atoms with van der Waals surface area (Å²) < 4.78 is 27.9. The van der Waals surface area contributed by atoms with Crippen LogP contribution in [0.5, 0.6) is 0 Å². The van der Waals surface area contributed by atoms with E-state index >= 15 is 0 Å². The molecule has 0 radical (unpaired) electrons. The van der Waals surface area contributed by atoms with Gasteiger partial charge in [0.15, 0.2) is 0 Å². The van der Waals surface area contributed by atoms with Gasteiger partial charge < -0.3 is 10.2 Å². The summed E-state index contributed by atoms with van der Waals surface area (Å²) in [5.74, 6) is -0.107. The van der Waals surface area contributed by atoms with Crippen molar-refractivity contribution in [2.45, 2.75) is 63.8 Å². The van der Waals surface area contributed by atoms with Crippen LogP contribution in [0.25, 0.3) is 0 Å². The van der Waals surface area contributed by atoms with E-state index in [-0.39, 0.29) is 29.3 Å². The van der Waals surface area contributed by atoms with Crippen molar-refractivity contribution in [3.05, 3.63) is 23.8 Å². The third kappa shape index (κ3) is 4.05. The van der Waals surface area contributed by atoms with Crippen LogP contribution in [-0.2, 0) is 25.0 Å². The lowest BCUT2D eigenvalue weighted by Gasteiger charge is -2.30. The minimum Gasteiger partial charge on any atom is -0.352 e. The summed E-state index contributed by atoms with van der Waals surface area (Å²) in [6.07, 6.45) is 1.89. The molecule has 1 aromatic rings. The molecule has 0 aliphatic carbocycles. The third-order valence-electron chi connectivity index (χ3n) is 5.72. The van der Waals surface area contributed by atoms with E-state index in [1.807, 2.05) is 13.8 Å². The van der Waals surface area contributed by atoms with E-state index in [2.05, 4.69) is 12.2 Å². The maximum atomic E-state index is 13.2. The average Bonchev–Trinajstić information content (AvgIpc) is 2.81. The second-order valence-corrected chi connectivity index (χ2v) is 11.0. The van der Waals surface area contributed by atoms with Crippen molar-refractivity contribution in [3.8, 4) is 0 Å². The van der Waals surface area contributed by atoms with Gasteiger partial charge in [-0.1, -0.05) is 6.92 Å². The number of piperidine rings is 1. The van der Waals surface area contributed by atoms with E-state index in [1.165, 1.54) is 4.90 Å². The zero-order valence-corrected chi connectivity index (χ0v) is 18.7. The predicted molar refractivity (Wildman–Crippen MR) is 112 cm³/mol. The van der Waals surface area contributed by atoms with Crippen LogP contribution in [0, 0.1) is 5.92 Å². The number of hydrogen-bond acceptors (Lipinski definition) is 4. The molecular weight excluding hydrogens is 390 g/mol. The Kier molecular flexibility index (Phi) is 5.80. The van der Waals surface area contributed by atoms with Gasteiger partial charge in [-0.15, -0.1) is 0 Å². The summed E-state index contributed by atoms with van der Waals surface area (Å²) in [5, 5.41) is 2.80. The van der Waals surface area contributed by atoms with Crippen LogP contribution >= 0.6 is 0 Å². The second kappa shape index (κ2) is 7.72. The normalized spacial score (nSPS) is 22.1. The zero-order chi connectivity index (χ0) is 21.6. The molecule has 160 valence electrons. The van der Waals surface area contributed by atoms with Gasteiger partial charge in [-0.2, -0.15) is 4.31 Å². The van der Waals surface area contributed by atoms with E-state index in [0.29, 0.717) is 30.3 Å². The molecule has 1 aromatic carbocycles. The molecule has 1 saturated heterocycles. The first-order valence-electron chi connectivity index (χ1n) is 10.2. The molecule has 0 saturated carbocycles. The van der Waals surface area contributed by atoms with Gasteiger partial charge in [-0.25, -0.2) is 8.42 Å². The first kappa shape index (κ1) is 21.8. The fourth-order valence-corrected chi connectivity index (χ4v) is 5.78. The quantitative estimate of drug-likeness (QED) is 0.790. The Labute approximate surface area is 173 Å². The third-order valence-corrected chi connectivity index (χ3v) is 7.58. The molecular formula is C21H31N3O4S. The summed E-state index contributed by atoms with van der Waals surface area (Å²) in [4.78, 5) is 26.9. The lowest BCUT2D eigenvalue weighted by Crippen LogP contribution is -2.44. The number of carbonyl (C=O) groups is 2. The number of nitrogens with zero attached hydrogens (tertiary/aromatic N) is 2. The van der Waals surface area contributed by atoms with Crippen molar-refractivity contribution in [1.82, 2.24) is 9.62 Å². The molecule has 1 atom stereocenters. The molecule has 2 amide bonds. The van der Waals surface area contributed by atoms with Gasteiger partial charge in [0.1, 0.15) is 6.54 Å². The Balaban J connectivity index is 1.95. The number of amides is 2. The number of benzene rings is 1. The van der Waals surface area contributed by atoms with Crippen LogP contribution < -0.4 is 10.2 Å². The van der Waals surface area contributed by atoms with Crippen LogP contribution in [0.2, 0.25) is 0 Å². The fourth-order valence-electron chi connectivity index (χ4n) is 4.16. The molecule has 3 rings (SSSR count). The van der Waals surface area contributed by atoms with Gasteiger partial charge >= 0.3 is 0 Å². The number of hydrogen-bond donors (Lipinski definition) is 1. The maximum absolute atomic E-state index is 13.2. The summed E-state index contributed by atoms with van der Waals surface area (Å²) in [6.45, 7) is 10.3. The number of nitrogens with one attached hydrogen (secondary N) is 1. The molecule has 2 aliphatic rings. The molecule has 2 aliphatic heterocycles. The van der Waals surface area contributed by atoms with Crippen molar-refractivity contribution in [2.75, 3.05) is 24.5 Å². The molecule has 0 spiro atoms. The minimum atomic E-state index is -3.62. The van der Waals surface area contributed by atoms with Crippen LogP contribution in [0.15, 0.2) is 23.1 Å². The summed E-state index contributed by atoms with van der Waals surface area (Å²) in [5.41, 5.74) is 0.351. The highest BCUT2D eigenvalue weighted by Gasteiger charge is 2.45. The van der Waals surface area contributed by atoms with Crippen molar-refractivity contribution in [2.24, 2.45) is 5.92 Å². The Morgan fingerprint density at radius 1 is 1.31 bits per heavy atom. The largest absolute Gasteiger partial charge is 0.352 e. The van der Waals surface area contributed by atoms with Gasteiger partial charge in [-0.05, 0) is 70.2 Å². The van der Waals surface area contributed by atoms with E-state index in [1.54, 1.807) is 36.4 Å². The Bertz CT molecular complexity index is 924. The standard InChI is InChI=1S/C21H31N3O4S/c1-14(2)22-19(25)13-24-18-9-8-16(11-17(18)21(4,5)20(24)26)29(27,28)23-10-6-7-15(3)12-23/h8-9,11,14-15H,6-7,10,12-13H2,1-5H3,(H,22,25)/t15-/m0/s1. The van der Waals surface area contributed by atoms with Crippen molar-refractivity contribution < 1.29 is 18.0 Å². The van der Waals surface area contributed by atoms with Crippen LogP contribution in [0.3, 0.4) is 0 Å². The SMILES string of the molecule is CC(C)NC(=O)CN1C(=O)C(C)(C)c2cc(S(=O)(=O)N3CCC[C@H](C)C3)ccc21. The van der Waals surface area contributed by atoms with Crippen LogP contribution in [0.1, 0.15) is 53.0 Å². The van der Waals surface area contributed by atoms with Crippen molar-refractivity contribution in [3.63, 3.8) is 0 Å². The average molecular weight is 422 g/mol. The number of carbonyl (C=O) groups excluding carboxylic acids is 2. The highest BCUT2D eigenvalue weighted by Crippen LogP contribution is 2.42. The first-order valence-corrected chi connectivity index (χ1v) is 11.6. The van der Waals surface area contributed by atoms with Crippen LogP contribution in [0.4, 0.5) is 5.69 Å². The topological polar surface area (TPSA) is 86.8 Å². The molecule has 2 heterocycles. The highest BCUT2D eigenvalue weighted by atomic mass is 32.2. The number of rotatable bonds is 5. The predicted octanol–water partition coefficient (Wildman–Crippen LogP) is 2.26. The summed E-state index contributed by atoms with van der Waals surface area (Å²) >= 11 is 0. The molecule has 0 unspecified atom stereocenters. The number of fused-ring (bicyclic) bond motifs is 1. The first-order chi connectivity index (χ1) is 13.4. The molecule has 1 N–H and O–H groups in total. The molecule has 1 fully saturated rings. The molecule has 8 heteroatoms. The fraction of sp³-hybridized carbons (Fsp3) is 0.619. The lowest BCUT2D eigenvalue weighted by atomic mass is 9.86. The van der Waals surface area contributed by atoms with E-state index in [4.69, 9.17) is 0 Å². The summed E-state index contributed by atoms with van der Waals surface area (Å²) in [6, 6.07) is 4.80. The lowest BCUT2D eigenvalue weighted by molar-refractivity contribution is -0.125. The Morgan fingerprint density at radius 3 is 2.62 bits per heavy atom. The summed E-state index contributed by atoms with van der Waals surface area (Å²) in [7, 11) is -3.62. The van der Waals surface area contributed by atoms with E-state index < -0.39 is 15.4 Å². The van der Waals surface area contributed by atoms with Gasteiger partial charge in [0.25, 0.3) is 0 Å². The van der Waals surface area contributed by atoms with Crippen molar-refractivity contribution >= 4 is 27.5 Å². The van der Waals surface area contributed by atoms with Crippen molar-refractivity contribution in [1.29, 1.82) is 0 Å². The number of sulfonamides is 1. The van der Waals surface area contributed by atoms with Gasteiger partial charge in [0, 0.05) is 24.8 Å². The molecule has 0 aromatic heterocycles. The maximum Gasteiger partial charge on any atom is 0.243 e. The smallest absolute Gasteiger partial charge is 0.243 e. The Morgan fingerprint density at radius 2 is 2.00 bits per heavy atom. The highest BCUT2D eigenvalue weighted by molar-refractivity contribution is 7.89. The van der Waals surface area contributed by atoms with Gasteiger partial charge in [-0.3, -0.25) is 9.59 Å². The molecule has 0 bridgehead atoms.